The van der Waals surface area contributed by atoms with Crippen LogP contribution in [0.5, 0.6) is 0 Å². The summed E-state index contributed by atoms with van der Waals surface area (Å²) >= 11 is 0. The maximum absolute atomic E-state index is 10.5. The van der Waals surface area contributed by atoms with Gasteiger partial charge in [-0.3, -0.25) is 16.0 Å². The summed E-state index contributed by atoms with van der Waals surface area (Å²) in [5.74, 6) is -1.11. The fourth-order valence-corrected chi connectivity index (χ4v) is 0.444. The topological polar surface area (TPSA) is 54.4 Å². The van der Waals surface area contributed by atoms with E-state index in [1.165, 1.54) is 6.92 Å². The van der Waals surface area contributed by atoms with Crippen molar-refractivity contribution in [2.75, 3.05) is 0 Å². The number of rotatable bonds is 4. The van der Waals surface area contributed by atoms with Crippen LogP contribution in [0.4, 0.5) is 0 Å². The van der Waals surface area contributed by atoms with Crippen LogP contribution in [0.3, 0.4) is 0 Å². The summed E-state index contributed by atoms with van der Waals surface area (Å²) in [6, 6.07) is 0. The van der Waals surface area contributed by atoms with Crippen LogP contribution in [0.25, 0.3) is 0 Å². The molecule has 0 aromatic carbocycles. The third kappa shape index (κ3) is 8.02. The first-order chi connectivity index (χ1) is 4.54. The largest absolute Gasteiger partial charge is 3.00 e. The number of hydrogen-bond acceptors (Lipinski definition) is 2. The van der Waals surface area contributed by atoms with Crippen LogP contribution < -0.4 is 0 Å². The molecule has 4 heteroatoms. The van der Waals surface area contributed by atoms with Gasteiger partial charge in [-0.15, -0.1) is 6.42 Å². The van der Waals surface area contributed by atoms with Gasteiger partial charge >= 0.3 is 32.7 Å². The molecule has 0 saturated carbocycles. The van der Waals surface area contributed by atoms with Crippen molar-refractivity contribution in [1.82, 2.24) is 0 Å². The van der Waals surface area contributed by atoms with E-state index >= 15 is 0 Å². The Morgan fingerprint density at radius 2 is 2.00 bits per heavy atom. The average Bonchev–Trinajstić information content (AvgIpc) is 1.82. The number of Topliss-reactive ketones (excluding diaryl/α,β-unsaturated/α-hetero) is 1. The third-order valence-corrected chi connectivity index (χ3v) is 1.34. The van der Waals surface area contributed by atoms with E-state index < -0.39 is 5.97 Å². The zero-order chi connectivity index (χ0) is 8.15. The van der Waals surface area contributed by atoms with Crippen molar-refractivity contribution in [3.05, 3.63) is 6.42 Å². The molecule has 3 nitrogen and oxygen atoms in total. The first-order valence-electron chi connectivity index (χ1n) is 3.10. The predicted molar refractivity (Wildman–Crippen MR) is 36.4 cm³/mol. The molecule has 1 N–H and O–H groups in total. The van der Waals surface area contributed by atoms with E-state index in [-0.39, 0.29) is 44.4 Å². The van der Waals surface area contributed by atoms with Gasteiger partial charge in [-0.1, -0.05) is 6.92 Å². The Hall–Kier alpha value is 0.114. The zero-order valence-electron chi connectivity index (χ0n) is 6.70. The Bertz CT molecular complexity index is 145. The summed E-state index contributed by atoms with van der Waals surface area (Å²) in [6.45, 7) is 3.17. The number of carbonyl (C=O) groups excluding carboxylic acids is 1. The standard InChI is InChI=1S/C7H11O3.Y/c1-5(6(2)8)3-4-7(9)10;/h4-5H,3H2,1-2H3,(H,9,10);/q-1;+3. The number of aliphatic carboxylic acids is 1. The van der Waals surface area contributed by atoms with Crippen LogP contribution in [-0.4, -0.2) is 16.9 Å². The first kappa shape index (κ1) is 13.7. The van der Waals surface area contributed by atoms with Gasteiger partial charge in [0.25, 0.3) is 0 Å². The summed E-state index contributed by atoms with van der Waals surface area (Å²) in [5, 5.41) is 8.18. The zero-order valence-corrected chi connectivity index (χ0v) is 9.54. The molecule has 0 heterocycles. The molecule has 0 spiro atoms. The Labute approximate surface area is 91.4 Å². The van der Waals surface area contributed by atoms with E-state index in [4.69, 9.17) is 5.11 Å². The smallest absolute Gasteiger partial charge is 0.503 e. The minimum atomic E-state index is -0.965. The number of ketones is 1. The molecule has 58 valence electrons. The maximum Gasteiger partial charge on any atom is 3.00 e. The van der Waals surface area contributed by atoms with Gasteiger partial charge in [-0.2, -0.15) is 0 Å². The normalized spacial score (nSPS) is 11.1. The first-order valence-corrected chi connectivity index (χ1v) is 3.10. The molecule has 1 atom stereocenters. The molecule has 0 aromatic heterocycles. The molecular weight excluding hydrogens is 221 g/mol. The number of carboxylic acid groups (broad SMARTS) is 1. The second kappa shape index (κ2) is 6.80. The molecule has 1 unspecified atom stereocenters. The van der Waals surface area contributed by atoms with E-state index in [0.717, 1.165) is 6.42 Å². The van der Waals surface area contributed by atoms with E-state index in [1.807, 2.05) is 0 Å². The van der Waals surface area contributed by atoms with Crippen molar-refractivity contribution < 1.29 is 47.4 Å². The molecule has 0 bridgehead atoms. The van der Waals surface area contributed by atoms with Gasteiger partial charge < -0.3 is 5.11 Å². The molecule has 0 rings (SSSR count). The van der Waals surface area contributed by atoms with Crippen molar-refractivity contribution in [1.29, 1.82) is 0 Å². The molecule has 0 amide bonds. The van der Waals surface area contributed by atoms with Crippen LogP contribution in [-0.2, 0) is 42.3 Å². The second-order valence-corrected chi connectivity index (χ2v) is 2.29. The van der Waals surface area contributed by atoms with E-state index in [9.17, 15) is 9.59 Å². The fraction of sp³-hybridized carbons (Fsp3) is 0.571. The maximum atomic E-state index is 10.5. The minimum Gasteiger partial charge on any atom is -0.503 e. The predicted octanol–water partition coefficient (Wildman–Crippen LogP) is 0.888. The van der Waals surface area contributed by atoms with Gasteiger partial charge in [-0.05, 0) is 12.8 Å². The van der Waals surface area contributed by atoms with Crippen LogP contribution in [0, 0.1) is 12.3 Å². The summed E-state index contributed by atoms with van der Waals surface area (Å²) in [4.78, 5) is 20.5. The van der Waals surface area contributed by atoms with Crippen molar-refractivity contribution in [2.24, 2.45) is 5.92 Å². The molecule has 0 saturated heterocycles. The molecule has 0 aliphatic heterocycles. The summed E-state index contributed by atoms with van der Waals surface area (Å²) < 4.78 is 0. The summed E-state index contributed by atoms with van der Waals surface area (Å²) in [5.41, 5.74) is 0. The summed E-state index contributed by atoms with van der Waals surface area (Å²) in [6.07, 6.45) is 1.43. The van der Waals surface area contributed by atoms with Crippen molar-refractivity contribution >= 4 is 11.8 Å². The SMILES string of the molecule is CC(=O)C(C)C[CH-]C(=O)O.[Y+3]. The van der Waals surface area contributed by atoms with Gasteiger partial charge in [0.05, 0.1) is 0 Å². The van der Waals surface area contributed by atoms with Crippen molar-refractivity contribution in [2.45, 2.75) is 20.3 Å². The van der Waals surface area contributed by atoms with Gasteiger partial charge in [-0.25, -0.2) is 0 Å². The number of hydrogen-bond donors (Lipinski definition) is 1. The molecule has 0 fully saturated rings. The summed E-state index contributed by atoms with van der Waals surface area (Å²) in [7, 11) is 0. The molecule has 11 heavy (non-hydrogen) atoms. The van der Waals surface area contributed by atoms with E-state index in [0.29, 0.717) is 6.42 Å². The Balaban J connectivity index is 0. The van der Waals surface area contributed by atoms with Crippen LogP contribution in [0.1, 0.15) is 20.3 Å². The Kier molecular flexibility index (Phi) is 8.46. The molecular formula is C7H11O3Y+2. The molecule has 0 radical (unpaired) electrons. The molecule has 0 aromatic rings. The van der Waals surface area contributed by atoms with Crippen LogP contribution in [0.2, 0.25) is 0 Å². The van der Waals surface area contributed by atoms with Crippen molar-refractivity contribution in [3.63, 3.8) is 0 Å². The second-order valence-electron chi connectivity index (χ2n) is 2.29. The average molecular weight is 232 g/mol. The monoisotopic (exact) mass is 232 g/mol. The van der Waals surface area contributed by atoms with E-state index in [1.54, 1.807) is 6.92 Å². The third-order valence-electron chi connectivity index (χ3n) is 1.34. The van der Waals surface area contributed by atoms with E-state index in [2.05, 4.69) is 0 Å². The Morgan fingerprint density at radius 3 is 2.27 bits per heavy atom. The number of carboxylic acids is 1. The van der Waals surface area contributed by atoms with Gasteiger partial charge in [0.15, 0.2) is 5.97 Å². The molecule has 0 aliphatic carbocycles. The Morgan fingerprint density at radius 1 is 1.55 bits per heavy atom. The van der Waals surface area contributed by atoms with Gasteiger partial charge in [0.2, 0.25) is 0 Å². The van der Waals surface area contributed by atoms with Crippen LogP contribution in [0.15, 0.2) is 0 Å². The van der Waals surface area contributed by atoms with Crippen LogP contribution >= 0.6 is 0 Å². The van der Waals surface area contributed by atoms with Gasteiger partial charge in [0, 0.05) is 0 Å². The fourth-order valence-electron chi connectivity index (χ4n) is 0.444. The quantitative estimate of drug-likeness (QED) is 0.732. The van der Waals surface area contributed by atoms with Crippen molar-refractivity contribution in [3.8, 4) is 0 Å². The van der Waals surface area contributed by atoms with Gasteiger partial charge in [0.1, 0.15) is 5.78 Å². The minimum absolute atomic E-state index is 0. The number of carbonyl (C=O) groups is 2. The molecule has 0 aliphatic rings.